The lowest BCUT2D eigenvalue weighted by Gasteiger charge is -2.29. The van der Waals surface area contributed by atoms with E-state index in [1.807, 2.05) is 10.9 Å². The molecule has 0 fully saturated rings. The SMILES string of the molecule is Cn1ccnc1C(O)(CC(=O)NNC(=O)c1ccc(Br)s1)C(F)(F)F. The third kappa shape index (κ3) is 4.19. The number of aryl methyl sites for hydroxylation is 1. The molecular formula is C13H12BrF3N4O3S. The molecular weight excluding hydrogens is 429 g/mol. The van der Waals surface area contributed by atoms with Crippen molar-refractivity contribution in [1.29, 1.82) is 0 Å². The number of aliphatic hydroxyl groups is 1. The summed E-state index contributed by atoms with van der Waals surface area (Å²) in [4.78, 5) is 27.3. The van der Waals surface area contributed by atoms with Gasteiger partial charge in [0.1, 0.15) is 0 Å². The summed E-state index contributed by atoms with van der Waals surface area (Å²) in [5, 5.41) is 10.1. The normalized spacial score (nSPS) is 14.0. The number of imidazole rings is 1. The van der Waals surface area contributed by atoms with Crippen LogP contribution in [0.1, 0.15) is 21.9 Å². The van der Waals surface area contributed by atoms with Crippen LogP contribution in [0.15, 0.2) is 28.3 Å². The summed E-state index contributed by atoms with van der Waals surface area (Å²) in [5.41, 5.74) is 0.353. The lowest BCUT2D eigenvalue weighted by atomic mass is 9.97. The van der Waals surface area contributed by atoms with Crippen LogP contribution in [0.4, 0.5) is 13.2 Å². The van der Waals surface area contributed by atoms with Crippen LogP contribution in [0.2, 0.25) is 0 Å². The van der Waals surface area contributed by atoms with Crippen LogP contribution in [-0.2, 0) is 17.4 Å². The number of hydrazine groups is 1. The van der Waals surface area contributed by atoms with Crippen molar-refractivity contribution in [3.05, 3.63) is 39.0 Å². The molecule has 25 heavy (non-hydrogen) atoms. The fraction of sp³-hybridized carbons (Fsp3) is 0.308. The van der Waals surface area contributed by atoms with Gasteiger partial charge in [-0.15, -0.1) is 11.3 Å². The number of alkyl halides is 3. The second-order valence-corrected chi connectivity index (χ2v) is 7.47. The van der Waals surface area contributed by atoms with Crippen LogP contribution in [0.5, 0.6) is 0 Å². The van der Waals surface area contributed by atoms with Crippen molar-refractivity contribution in [3.63, 3.8) is 0 Å². The zero-order valence-electron chi connectivity index (χ0n) is 12.6. The number of thiophene rings is 1. The van der Waals surface area contributed by atoms with Gasteiger partial charge in [-0.3, -0.25) is 20.4 Å². The van der Waals surface area contributed by atoms with Gasteiger partial charge in [0.15, 0.2) is 5.82 Å². The Labute approximate surface area is 152 Å². The topological polar surface area (TPSA) is 96.2 Å². The van der Waals surface area contributed by atoms with Crippen LogP contribution >= 0.6 is 27.3 Å². The minimum Gasteiger partial charge on any atom is -0.374 e. The Morgan fingerprint density at radius 1 is 1.36 bits per heavy atom. The third-order valence-corrected chi connectivity index (χ3v) is 4.81. The van der Waals surface area contributed by atoms with Gasteiger partial charge in [-0.2, -0.15) is 13.2 Å². The van der Waals surface area contributed by atoms with E-state index >= 15 is 0 Å². The largest absolute Gasteiger partial charge is 0.425 e. The van der Waals surface area contributed by atoms with Gasteiger partial charge in [-0.25, -0.2) is 4.98 Å². The molecule has 12 heteroatoms. The zero-order valence-corrected chi connectivity index (χ0v) is 15.0. The van der Waals surface area contributed by atoms with Crippen molar-refractivity contribution in [2.45, 2.75) is 18.2 Å². The number of hydrogen-bond acceptors (Lipinski definition) is 5. The molecule has 0 bridgehead atoms. The number of nitrogens with zero attached hydrogens (tertiary/aromatic N) is 2. The lowest BCUT2D eigenvalue weighted by Crippen LogP contribution is -2.50. The number of hydrogen-bond donors (Lipinski definition) is 3. The summed E-state index contributed by atoms with van der Waals surface area (Å²) in [6.07, 6.45) is -4.23. The Morgan fingerprint density at radius 3 is 2.52 bits per heavy atom. The molecule has 2 aromatic rings. The van der Waals surface area contributed by atoms with E-state index in [9.17, 15) is 27.9 Å². The molecule has 0 aliphatic rings. The van der Waals surface area contributed by atoms with Gasteiger partial charge >= 0.3 is 6.18 Å². The Kier molecular flexibility index (Phi) is 5.54. The van der Waals surface area contributed by atoms with Crippen molar-refractivity contribution < 1.29 is 27.9 Å². The molecule has 7 nitrogen and oxygen atoms in total. The molecule has 0 radical (unpaired) electrons. The highest BCUT2D eigenvalue weighted by molar-refractivity contribution is 9.11. The molecule has 1 unspecified atom stereocenters. The first-order chi connectivity index (χ1) is 11.5. The molecule has 2 rings (SSSR count). The first kappa shape index (κ1) is 19.4. The van der Waals surface area contributed by atoms with Crippen molar-refractivity contribution in [2.24, 2.45) is 7.05 Å². The van der Waals surface area contributed by atoms with Gasteiger partial charge < -0.3 is 9.67 Å². The van der Waals surface area contributed by atoms with E-state index < -0.39 is 35.8 Å². The van der Waals surface area contributed by atoms with E-state index in [0.29, 0.717) is 3.79 Å². The van der Waals surface area contributed by atoms with Crippen LogP contribution in [0.25, 0.3) is 0 Å². The monoisotopic (exact) mass is 440 g/mol. The van der Waals surface area contributed by atoms with Gasteiger partial charge in [0.25, 0.3) is 5.91 Å². The number of carbonyl (C=O) groups excluding carboxylic acids is 2. The van der Waals surface area contributed by atoms with Crippen LogP contribution < -0.4 is 10.9 Å². The third-order valence-electron chi connectivity index (χ3n) is 3.19. The van der Waals surface area contributed by atoms with Gasteiger partial charge in [0.2, 0.25) is 11.5 Å². The van der Waals surface area contributed by atoms with Gasteiger partial charge in [0, 0.05) is 19.4 Å². The molecule has 2 aromatic heterocycles. The van der Waals surface area contributed by atoms with Gasteiger partial charge in [0.05, 0.1) is 15.1 Å². The summed E-state index contributed by atoms with van der Waals surface area (Å²) in [6.45, 7) is 0. The molecule has 2 amide bonds. The molecule has 1 atom stereocenters. The Bertz CT molecular complexity index is 792. The van der Waals surface area contributed by atoms with Crippen LogP contribution in [0, 0.1) is 0 Å². The average molecular weight is 441 g/mol. The van der Waals surface area contributed by atoms with Crippen LogP contribution in [0.3, 0.4) is 0 Å². The van der Waals surface area contributed by atoms with Crippen LogP contribution in [-0.4, -0.2) is 32.6 Å². The smallest absolute Gasteiger partial charge is 0.374 e. The summed E-state index contributed by atoms with van der Waals surface area (Å²) in [6, 6.07) is 3.07. The molecule has 2 heterocycles. The number of rotatable bonds is 4. The standard InChI is InChI=1S/C13H12BrF3N4O3S/c1-21-5-4-18-11(21)12(24,13(15,16)17)6-9(22)19-20-10(23)7-2-3-8(14)25-7/h2-5,24H,6H2,1H3,(H,19,22)(H,20,23). The van der Waals surface area contributed by atoms with E-state index in [0.717, 1.165) is 22.1 Å². The van der Waals surface area contributed by atoms with E-state index in [2.05, 4.69) is 20.9 Å². The summed E-state index contributed by atoms with van der Waals surface area (Å²) in [7, 11) is 1.26. The Balaban J connectivity index is 2.08. The minimum absolute atomic E-state index is 0.238. The maximum absolute atomic E-state index is 13.3. The number of halogens is 4. The second kappa shape index (κ2) is 7.14. The highest BCUT2D eigenvalue weighted by atomic mass is 79.9. The lowest BCUT2D eigenvalue weighted by molar-refractivity contribution is -0.271. The summed E-state index contributed by atoms with van der Waals surface area (Å²) >= 11 is 4.23. The first-order valence-corrected chi connectivity index (χ1v) is 8.27. The Morgan fingerprint density at radius 2 is 2.04 bits per heavy atom. The predicted octanol–water partition coefficient (Wildman–Crippen LogP) is 1.85. The quantitative estimate of drug-likeness (QED) is 0.632. The highest BCUT2D eigenvalue weighted by Crippen LogP contribution is 2.40. The maximum atomic E-state index is 13.3. The molecule has 136 valence electrons. The number of carbonyl (C=O) groups is 2. The van der Waals surface area contributed by atoms with E-state index in [4.69, 9.17) is 0 Å². The highest BCUT2D eigenvalue weighted by Gasteiger charge is 2.58. The average Bonchev–Trinajstić information content (AvgIpc) is 3.12. The zero-order chi connectivity index (χ0) is 18.8. The van der Waals surface area contributed by atoms with Gasteiger partial charge in [-0.1, -0.05) is 0 Å². The fourth-order valence-corrected chi connectivity index (χ4v) is 3.25. The number of nitrogens with one attached hydrogen (secondary N) is 2. The predicted molar refractivity (Wildman–Crippen MR) is 85.4 cm³/mol. The Hall–Kier alpha value is -1.92. The minimum atomic E-state index is -5.15. The van der Waals surface area contributed by atoms with Crippen molar-refractivity contribution in [3.8, 4) is 0 Å². The summed E-state index contributed by atoms with van der Waals surface area (Å²) < 4.78 is 41.5. The van der Waals surface area contributed by atoms with Crippen molar-refractivity contribution >= 4 is 39.1 Å². The molecule has 0 saturated heterocycles. The molecule has 0 saturated carbocycles. The van der Waals surface area contributed by atoms with E-state index in [1.165, 1.54) is 19.3 Å². The summed E-state index contributed by atoms with van der Waals surface area (Å²) in [5.74, 6) is -2.66. The van der Waals surface area contributed by atoms with Crippen molar-refractivity contribution in [1.82, 2.24) is 20.4 Å². The van der Waals surface area contributed by atoms with E-state index in [-0.39, 0.29) is 4.88 Å². The fourth-order valence-electron chi connectivity index (χ4n) is 1.97. The van der Waals surface area contributed by atoms with E-state index in [1.54, 1.807) is 6.07 Å². The number of amides is 2. The molecule has 3 N–H and O–H groups in total. The molecule has 0 aliphatic heterocycles. The molecule has 0 aromatic carbocycles. The maximum Gasteiger partial charge on any atom is 0.425 e. The number of aromatic nitrogens is 2. The molecule has 0 spiro atoms. The molecule has 0 aliphatic carbocycles. The van der Waals surface area contributed by atoms with Crippen molar-refractivity contribution in [2.75, 3.05) is 0 Å². The van der Waals surface area contributed by atoms with Gasteiger partial charge in [-0.05, 0) is 28.1 Å². The first-order valence-electron chi connectivity index (χ1n) is 6.66. The second-order valence-electron chi connectivity index (χ2n) is 5.00.